The van der Waals surface area contributed by atoms with Crippen LogP contribution < -0.4 is 5.32 Å². The molecule has 1 N–H and O–H groups in total. The van der Waals surface area contributed by atoms with E-state index in [-0.39, 0.29) is 23.2 Å². The van der Waals surface area contributed by atoms with Crippen molar-refractivity contribution in [2.75, 3.05) is 18.4 Å². The highest BCUT2D eigenvalue weighted by molar-refractivity contribution is 7.10. The van der Waals surface area contributed by atoms with Crippen LogP contribution in [0.5, 0.6) is 0 Å². The molecule has 3 nitrogen and oxygen atoms in total. The topological polar surface area (TPSA) is 32.3 Å². The van der Waals surface area contributed by atoms with E-state index in [1.807, 2.05) is 16.3 Å². The number of nitrogens with one attached hydrogen (secondary N) is 1. The zero-order valence-electron chi connectivity index (χ0n) is 12.5. The van der Waals surface area contributed by atoms with E-state index >= 15 is 0 Å². The summed E-state index contributed by atoms with van der Waals surface area (Å²) in [6.45, 7) is 1.58. The van der Waals surface area contributed by atoms with Gasteiger partial charge in [0.05, 0.1) is 17.1 Å². The van der Waals surface area contributed by atoms with Crippen molar-refractivity contribution in [1.82, 2.24) is 4.90 Å². The van der Waals surface area contributed by atoms with Crippen molar-refractivity contribution >= 4 is 34.5 Å². The minimum Gasteiger partial charge on any atom is -0.325 e. The monoisotopic (exact) mass is 374 g/mol. The minimum absolute atomic E-state index is 0.0879. The first-order valence-electron chi connectivity index (χ1n) is 7.27. The van der Waals surface area contributed by atoms with E-state index in [4.69, 9.17) is 11.6 Å². The lowest BCUT2D eigenvalue weighted by Gasteiger charge is -2.26. The highest BCUT2D eigenvalue weighted by Crippen LogP contribution is 2.36. The SMILES string of the molecule is O=C(CN1CCc2sccc2C1)Nc1ccc(Cl)c(C(F)(F)F)c1. The average molecular weight is 375 g/mol. The fraction of sp³-hybridized carbons (Fsp3) is 0.312. The summed E-state index contributed by atoms with van der Waals surface area (Å²) < 4.78 is 38.5. The molecule has 2 aromatic rings. The van der Waals surface area contributed by atoms with Gasteiger partial charge in [-0.1, -0.05) is 11.6 Å². The van der Waals surface area contributed by atoms with Crippen LogP contribution in [0, 0.1) is 0 Å². The van der Waals surface area contributed by atoms with Crippen LogP contribution in [0.4, 0.5) is 18.9 Å². The van der Waals surface area contributed by atoms with Gasteiger partial charge in [-0.2, -0.15) is 13.2 Å². The lowest BCUT2D eigenvalue weighted by atomic mass is 10.1. The number of nitrogens with zero attached hydrogens (tertiary/aromatic N) is 1. The molecular formula is C16H14ClF3N2OS. The Balaban J connectivity index is 1.63. The maximum atomic E-state index is 12.8. The van der Waals surface area contributed by atoms with E-state index in [1.54, 1.807) is 11.3 Å². The van der Waals surface area contributed by atoms with Crippen molar-refractivity contribution in [3.63, 3.8) is 0 Å². The molecule has 0 saturated heterocycles. The number of halogens is 4. The Bertz CT molecular complexity index is 760. The molecule has 0 radical (unpaired) electrons. The molecule has 0 aliphatic carbocycles. The molecule has 128 valence electrons. The number of fused-ring (bicyclic) bond motifs is 1. The molecule has 0 fully saturated rings. The molecule has 1 aromatic carbocycles. The first kappa shape index (κ1) is 17.3. The van der Waals surface area contributed by atoms with Gasteiger partial charge in [-0.25, -0.2) is 0 Å². The van der Waals surface area contributed by atoms with Gasteiger partial charge >= 0.3 is 6.18 Å². The van der Waals surface area contributed by atoms with E-state index < -0.39 is 11.7 Å². The Kier molecular flexibility index (Phi) is 4.85. The van der Waals surface area contributed by atoms with E-state index in [2.05, 4.69) is 5.32 Å². The summed E-state index contributed by atoms with van der Waals surface area (Å²) in [6.07, 6.45) is -3.67. The molecule has 1 aliphatic rings. The Morgan fingerprint density at radius 2 is 2.12 bits per heavy atom. The molecule has 0 bridgehead atoms. The number of amides is 1. The molecule has 2 heterocycles. The van der Waals surface area contributed by atoms with E-state index in [0.29, 0.717) is 6.54 Å². The zero-order chi connectivity index (χ0) is 17.3. The van der Waals surface area contributed by atoms with Crippen molar-refractivity contribution in [3.8, 4) is 0 Å². The van der Waals surface area contributed by atoms with Crippen LogP contribution >= 0.6 is 22.9 Å². The van der Waals surface area contributed by atoms with Gasteiger partial charge in [-0.05, 0) is 41.6 Å². The van der Waals surface area contributed by atoms with E-state index in [0.717, 1.165) is 25.1 Å². The number of anilines is 1. The first-order valence-corrected chi connectivity index (χ1v) is 8.53. The summed E-state index contributed by atoms with van der Waals surface area (Å²) in [6, 6.07) is 5.40. The third-order valence-electron chi connectivity index (χ3n) is 3.81. The third-order valence-corrected chi connectivity index (χ3v) is 5.16. The van der Waals surface area contributed by atoms with E-state index in [9.17, 15) is 18.0 Å². The number of thiophene rings is 1. The smallest absolute Gasteiger partial charge is 0.325 e. The molecule has 8 heteroatoms. The second-order valence-corrected chi connectivity index (χ2v) is 6.98. The van der Waals surface area contributed by atoms with Crippen LogP contribution in [0.3, 0.4) is 0 Å². The quantitative estimate of drug-likeness (QED) is 0.862. The van der Waals surface area contributed by atoms with Gasteiger partial charge in [-0.15, -0.1) is 11.3 Å². The van der Waals surface area contributed by atoms with Crippen molar-refractivity contribution in [2.45, 2.75) is 19.1 Å². The molecule has 1 aromatic heterocycles. The number of hydrogen-bond acceptors (Lipinski definition) is 3. The summed E-state index contributed by atoms with van der Waals surface area (Å²) in [7, 11) is 0. The fourth-order valence-electron chi connectivity index (χ4n) is 2.67. The Morgan fingerprint density at radius 3 is 2.88 bits per heavy atom. The van der Waals surface area contributed by atoms with Gasteiger partial charge in [0, 0.05) is 23.7 Å². The van der Waals surface area contributed by atoms with Gasteiger partial charge in [-0.3, -0.25) is 9.69 Å². The van der Waals surface area contributed by atoms with Crippen LogP contribution in [0.2, 0.25) is 5.02 Å². The van der Waals surface area contributed by atoms with Crippen molar-refractivity contribution in [3.05, 3.63) is 50.7 Å². The number of alkyl halides is 3. The molecular weight excluding hydrogens is 361 g/mol. The summed E-state index contributed by atoms with van der Waals surface area (Å²) in [5, 5.41) is 4.15. The first-order chi connectivity index (χ1) is 11.3. The largest absolute Gasteiger partial charge is 0.417 e. The van der Waals surface area contributed by atoms with Gasteiger partial charge in [0.1, 0.15) is 0 Å². The highest BCUT2D eigenvalue weighted by Gasteiger charge is 2.33. The molecule has 0 unspecified atom stereocenters. The maximum absolute atomic E-state index is 12.8. The number of rotatable bonds is 3. The van der Waals surface area contributed by atoms with E-state index in [1.165, 1.54) is 16.5 Å². The van der Waals surface area contributed by atoms with Crippen LogP contribution in [0.25, 0.3) is 0 Å². The molecule has 3 rings (SSSR count). The summed E-state index contributed by atoms with van der Waals surface area (Å²) in [4.78, 5) is 15.4. The predicted molar refractivity (Wildman–Crippen MR) is 88.4 cm³/mol. The second kappa shape index (κ2) is 6.74. The summed E-state index contributed by atoms with van der Waals surface area (Å²) in [5.41, 5.74) is 0.345. The van der Waals surface area contributed by atoms with Crippen molar-refractivity contribution < 1.29 is 18.0 Å². The van der Waals surface area contributed by atoms with Crippen LogP contribution in [-0.4, -0.2) is 23.9 Å². The molecule has 0 spiro atoms. The normalized spacial score (nSPS) is 15.2. The Morgan fingerprint density at radius 1 is 1.33 bits per heavy atom. The molecule has 0 atom stereocenters. The van der Waals surface area contributed by atoms with Gasteiger partial charge < -0.3 is 5.32 Å². The fourth-order valence-corrected chi connectivity index (χ4v) is 3.78. The van der Waals surface area contributed by atoms with Crippen LogP contribution in [-0.2, 0) is 23.9 Å². The lowest BCUT2D eigenvalue weighted by Crippen LogP contribution is -2.36. The van der Waals surface area contributed by atoms with Crippen LogP contribution in [0.1, 0.15) is 16.0 Å². The average Bonchev–Trinajstić information content (AvgIpc) is 2.95. The number of carbonyl (C=O) groups excluding carboxylic acids is 1. The predicted octanol–water partition coefficient (Wildman–Crippen LogP) is 4.42. The lowest BCUT2D eigenvalue weighted by molar-refractivity contribution is -0.137. The Hall–Kier alpha value is -1.57. The van der Waals surface area contributed by atoms with Gasteiger partial charge in [0.15, 0.2) is 0 Å². The Labute approximate surface area is 146 Å². The third kappa shape index (κ3) is 3.91. The highest BCUT2D eigenvalue weighted by atomic mass is 35.5. The maximum Gasteiger partial charge on any atom is 0.417 e. The summed E-state index contributed by atoms with van der Waals surface area (Å²) >= 11 is 7.28. The molecule has 0 saturated carbocycles. The number of hydrogen-bond donors (Lipinski definition) is 1. The van der Waals surface area contributed by atoms with Gasteiger partial charge in [0.25, 0.3) is 0 Å². The zero-order valence-corrected chi connectivity index (χ0v) is 14.1. The van der Waals surface area contributed by atoms with Gasteiger partial charge in [0.2, 0.25) is 5.91 Å². The minimum atomic E-state index is -4.56. The van der Waals surface area contributed by atoms with Crippen LogP contribution in [0.15, 0.2) is 29.6 Å². The van der Waals surface area contributed by atoms with Crippen molar-refractivity contribution in [1.29, 1.82) is 0 Å². The number of benzene rings is 1. The molecule has 1 amide bonds. The molecule has 24 heavy (non-hydrogen) atoms. The van der Waals surface area contributed by atoms with Crippen molar-refractivity contribution in [2.24, 2.45) is 0 Å². The molecule has 1 aliphatic heterocycles. The standard InChI is InChI=1S/C16H14ClF3N2OS/c17-13-2-1-11(7-12(13)16(18,19)20)21-15(23)9-22-5-3-14-10(8-22)4-6-24-14/h1-2,4,6-7H,3,5,8-9H2,(H,21,23). The second-order valence-electron chi connectivity index (χ2n) is 5.57. The summed E-state index contributed by atoms with van der Waals surface area (Å²) in [5.74, 6) is -0.343. The number of carbonyl (C=O) groups is 1.